The minimum absolute atomic E-state index is 0.130. The van der Waals surface area contributed by atoms with Crippen molar-refractivity contribution >= 4 is 58.2 Å². The number of carbonyl (C=O) groups excluding carboxylic acids is 2. The molecule has 35 heavy (non-hydrogen) atoms. The Hall–Kier alpha value is -3.25. The molecule has 0 spiro atoms. The van der Waals surface area contributed by atoms with Crippen LogP contribution >= 0.6 is 35.0 Å². The number of hydrogen-bond acceptors (Lipinski definition) is 3. The van der Waals surface area contributed by atoms with Crippen molar-refractivity contribution in [2.75, 3.05) is 10.6 Å². The molecule has 1 unspecified atom stereocenters. The van der Waals surface area contributed by atoms with E-state index in [2.05, 4.69) is 10.6 Å². The van der Waals surface area contributed by atoms with E-state index in [1.807, 2.05) is 79.7 Å². The van der Waals surface area contributed by atoms with Crippen molar-refractivity contribution in [3.05, 3.63) is 124 Å². The van der Waals surface area contributed by atoms with E-state index in [4.69, 9.17) is 23.2 Å². The Morgan fingerprint density at radius 1 is 0.771 bits per heavy atom. The molecule has 0 bridgehead atoms. The highest BCUT2D eigenvalue weighted by molar-refractivity contribution is 8.00. The first-order chi connectivity index (χ1) is 16.9. The van der Waals surface area contributed by atoms with E-state index >= 15 is 0 Å². The van der Waals surface area contributed by atoms with Crippen molar-refractivity contribution < 1.29 is 9.59 Å². The van der Waals surface area contributed by atoms with Gasteiger partial charge in [0.1, 0.15) is 5.25 Å². The molecule has 0 aliphatic rings. The predicted molar refractivity (Wildman–Crippen MR) is 146 cm³/mol. The Morgan fingerprint density at radius 2 is 1.49 bits per heavy atom. The Labute approximate surface area is 218 Å². The molecule has 2 N–H and O–H groups in total. The average Bonchev–Trinajstić information content (AvgIpc) is 2.83. The number of rotatable bonds is 7. The van der Waals surface area contributed by atoms with Gasteiger partial charge in [-0.25, -0.2) is 0 Å². The van der Waals surface area contributed by atoms with Gasteiger partial charge in [0, 0.05) is 21.3 Å². The summed E-state index contributed by atoms with van der Waals surface area (Å²) in [5.41, 5.74) is 3.61. The second-order valence-corrected chi connectivity index (χ2v) is 9.90. The molecule has 0 radical (unpaired) electrons. The van der Waals surface area contributed by atoms with Gasteiger partial charge in [-0.1, -0.05) is 71.7 Å². The van der Waals surface area contributed by atoms with Crippen LogP contribution in [0.1, 0.15) is 26.7 Å². The first-order valence-corrected chi connectivity index (χ1v) is 12.5. The fourth-order valence-corrected chi connectivity index (χ4v) is 5.06. The van der Waals surface area contributed by atoms with Crippen LogP contribution in [0.25, 0.3) is 0 Å². The molecule has 4 aromatic carbocycles. The molecule has 0 saturated heterocycles. The highest BCUT2D eigenvalue weighted by atomic mass is 35.5. The van der Waals surface area contributed by atoms with Gasteiger partial charge in [-0.15, -0.1) is 11.8 Å². The second-order valence-electron chi connectivity index (χ2n) is 7.87. The third-order valence-electron chi connectivity index (χ3n) is 5.15. The third kappa shape index (κ3) is 6.67. The molecule has 0 aliphatic carbocycles. The van der Waals surface area contributed by atoms with Crippen LogP contribution in [0, 0.1) is 6.92 Å². The van der Waals surface area contributed by atoms with Crippen molar-refractivity contribution in [2.24, 2.45) is 0 Å². The molecule has 2 amide bonds. The lowest BCUT2D eigenvalue weighted by Crippen LogP contribution is -2.19. The number of aryl methyl sites for hydroxylation is 1. The SMILES string of the molecule is Cc1cccc(NC(=O)C(Sc2cccc(NC(=O)c3ccc(Cl)cc3Cl)c2)c2ccccc2)c1. The van der Waals surface area contributed by atoms with E-state index < -0.39 is 5.25 Å². The van der Waals surface area contributed by atoms with Gasteiger partial charge in [-0.05, 0) is 66.6 Å². The monoisotopic (exact) mass is 520 g/mol. The summed E-state index contributed by atoms with van der Waals surface area (Å²) in [6, 6.07) is 29.4. The first-order valence-electron chi connectivity index (χ1n) is 10.8. The number of nitrogens with one attached hydrogen (secondary N) is 2. The summed E-state index contributed by atoms with van der Waals surface area (Å²) in [5.74, 6) is -0.472. The average molecular weight is 521 g/mol. The fourth-order valence-electron chi connectivity index (χ4n) is 3.49. The van der Waals surface area contributed by atoms with E-state index in [0.29, 0.717) is 16.3 Å². The molecular formula is C28H22Cl2N2O2S. The van der Waals surface area contributed by atoms with Gasteiger partial charge in [-0.3, -0.25) is 9.59 Å². The van der Waals surface area contributed by atoms with Gasteiger partial charge in [0.15, 0.2) is 0 Å². The smallest absolute Gasteiger partial charge is 0.257 e. The van der Waals surface area contributed by atoms with Crippen LogP contribution in [0.15, 0.2) is 102 Å². The maximum atomic E-state index is 13.3. The van der Waals surface area contributed by atoms with E-state index in [-0.39, 0.29) is 16.8 Å². The third-order valence-corrected chi connectivity index (χ3v) is 6.94. The van der Waals surface area contributed by atoms with Crippen molar-refractivity contribution in [1.82, 2.24) is 0 Å². The molecule has 176 valence electrons. The number of anilines is 2. The number of thioether (sulfide) groups is 1. The van der Waals surface area contributed by atoms with Crippen LogP contribution in [0.3, 0.4) is 0 Å². The zero-order valence-corrected chi connectivity index (χ0v) is 21.1. The van der Waals surface area contributed by atoms with Crippen LogP contribution in [-0.2, 0) is 4.79 Å². The molecule has 0 aliphatic heterocycles. The molecular weight excluding hydrogens is 499 g/mol. The van der Waals surface area contributed by atoms with E-state index in [1.165, 1.54) is 17.8 Å². The topological polar surface area (TPSA) is 58.2 Å². The number of amides is 2. The first kappa shape index (κ1) is 24.9. The second kappa shape index (κ2) is 11.5. The molecule has 4 nitrogen and oxygen atoms in total. The lowest BCUT2D eigenvalue weighted by atomic mass is 10.1. The zero-order valence-electron chi connectivity index (χ0n) is 18.8. The summed E-state index contributed by atoms with van der Waals surface area (Å²) in [6.45, 7) is 1.98. The maximum Gasteiger partial charge on any atom is 0.257 e. The van der Waals surface area contributed by atoms with Gasteiger partial charge in [0.2, 0.25) is 5.91 Å². The molecule has 7 heteroatoms. The van der Waals surface area contributed by atoms with E-state index in [1.54, 1.807) is 18.2 Å². The largest absolute Gasteiger partial charge is 0.325 e. The Balaban J connectivity index is 1.55. The van der Waals surface area contributed by atoms with Crippen molar-refractivity contribution in [3.63, 3.8) is 0 Å². The van der Waals surface area contributed by atoms with Crippen LogP contribution in [0.2, 0.25) is 10.0 Å². The number of hydrogen-bond donors (Lipinski definition) is 2. The Kier molecular flexibility index (Phi) is 8.13. The molecule has 0 fully saturated rings. The molecule has 4 aromatic rings. The van der Waals surface area contributed by atoms with Crippen molar-refractivity contribution in [3.8, 4) is 0 Å². The van der Waals surface area contributed by atoms with Crippen molar-refractivity contribution in [1.29, 1.82) is 0 Å². The van der Waals surface area contributed by atoms with Crippen LogP contribution in [-0.4, -0.2) is 11.8 Å². The van der Waals surface area contributed by atoms with E-state index in [9.17, 15) is 9.59 Å². The van der Waals surface area contributed by atoms with E-state index in [0.717, 1.165) is 21.7 Å². The molecule has 1 atom stereocenters. The van der Waals surface area contributed by atoms with Gasteiger partial charge >= 0.3 is 0 Å². The van der Waals surface area contributed by atoms with Crippen LogP contribution in [0.4, 0.5) is 11.4 Å². The summed E-state index contributed by atoms with van der Waals surface area (Å²) < 4.78 is 0. The van der Waals surface area contributed by atoms with Gasteiger partial charge < -0.3 is 10.6 Å². The molecule has 0 aromatic heterocycles. The van der Waals surface area contributed by atoms with Gasteiger partial charge in [-0.2, -0.15) is 0 Å². The Morgan fingerprint density at radius 3 is 2.20 bits per heavy atom. The summed E-state index contributed by atoms with van der Waals surface area (Å²) in [4.78, 5) is 26.9. The Bertz CT molecular complexity index is 1360. The van der Waals surface area contributed by atoms with Crippen LogP contribution in [0.5, 0.6) is 0 Å². The quantitative estimate of drug-likeness (QED) is 0.242. The molecule has 0 heterocycles. The zero-order chi connectivity index (χ0) is 24.8. The lowest BCUT2D eigenvalue weighted by Gasteiger charge is -2.18. The van der Waals surface area contributed by atoms with Crippen molar-refractivity contribution in [2.45, 2.75) is 17.1 Å². The number of carbonyl (C=O) groups is 2. The lowest BCUT2D eigenvalue weighted by molar-refractivity contribution is -0.115. The highest BCUT2D eigenvalue weighted by Gasteiger charge is 2.22. The highest BCUT2D eigenvalue weighted by Crippen LogP contribution is 2.37. The molecule has 0 saturated carbocycles. The van der Waals surface area contributed by atoms with Gasteiger partial charge in [0.25, 0.3) is 5.91 Å². The minimum Gasteiger partial charge on any atom is -0.325 e. The number of halogens is 2. The summed E-state index contributed by atoms with van der Waals surface area (Å²) in [5, 5.41) is 6.13. The predicted octanol–water partition coefficient (Wildman–Crippen LogP) is 8.03. The van der Waals surface area contributed by atoms with Crippen LogP contribution < -0.4 is 10.6 Å². The molecule has 4 rings (SSSR count). The van der Waals surface area contributed by atoms with Gasteiger partial charge in [0.05, 0.1) is 10.6 Å². The summed E-state index contributed by atoms with van der Waals surface area (Å²) in [7, 11) is 0. The maximum absolute atomic E-state index is 13.3. The minimum atomic E-state index is -0.492. The summed E-state index contributed by atoms with van der Waals surface area (Å²) in [6.07, 6.45) is 0. The summed E-state index contributed by atoms with van der Waals surface area (Å²) >= 11 is 13.5. The fraction of sp³-hybridized carbons (Fsp3) is 0.0714. The normalized spacial score (nSPS) is 11.5. The number of benzene rings is 4. The standard InChI is InChI=1S/C28H22Cl2N2O2S/c1-18-7-5-10-21(15-18)32-28(34)26(19-8-3-2-4-9-19)35-23-12-6-11-22(17-23)31-27(33)24-14-13-20(29)16-25(24)30/h2-17,26H,1H3,(H,31,33)(H,32,34).